The molecule has 2 N–H and O–H groups in total. The van der Waals surface area contributed by atoms with Crippen LogP contribution in [0.5, 0.6) is 17.2 Å². The zero-order chi connectivity index (χ0) is 44.8. The van der Waals surface area contributed by atoms with Crippen LogP contribution in [0.2, 0.25) is 5.02 Å². The number of allylic oxidation sites excluding steroid dienone is 1. The number of nitrogens with one attached hydrogen (secondary N) is 2. The summed E-state index contributed by atoms with van der Waals surface area (Å²) in [5.41, 5.74) is 5.75. The van der Waals surface area contributed by atoms with Crippen LogP contribution in [-0.4, -0.2) is 78.4 Å². The van der Waals surface area contributed by atoms with E-state index >= 15 is 0 Å². The van der Waals surface area contributed by atoms with E-state index < -0.39 is 43.2 Å². The van der Waals surface area contributed by atoms with Crippen LogP contribution in [0, 0.1) is 21.3 Å². The summed E-state index contributed by atoms with van der Waals surface area (Å²) in [6.07, 6.45) is 7.55. The van der Waals surface area contributed by atoms with Crippen LogP contribution >= 0.6 is 11.6 Å². The van der Waals surface area contributed by atoms with Gasteiger partial charge in [-0.05, 0) is 90.8 Å². The highest BCUT2D eigenvalue weighted by Gasteiger charge is 2.34. The number of ether oxygens (including phenoxy) is 2. The molecule has 0 bridgehead atoms. The minimum Gasteiger partial charge on any atom is -0.492 e. The number of amides is 1. The number of fused-ring (bicyclic) bond motifs is 2. The standard InChI is InChI=1S/C47H45ClFN7O7S/c1-47(2)13-11-31(40(24-47)29-3-5-33(48)6-4-29)27-54-15-17-55(18-16-54)35-8-9-38(44(21-35)63-36-19-30-12-14-50-45(30)52-26-36)46(57)53-64(60,61)37-22-42(56(58)59)39-20-32(28-62-43(39)23-37)41-10-7-34(49)25-51-41/h3-10,12,14,19,21-23,25-26,32H,11,13,15-18,20,24,27-28H2,1-2H3,(H,50,52)(H,53,57)/t32-/m0/s1. The molecule has 3 aliphatic rings. The molecule has 3 aromatic carbocycles. The molecule has 14 nitrogen and oxygen atoms in total. The van der Waals surface area contributed by atoms with Gasteiger partial charge >= 0.3 is 0 Å². The highest BCUT2D eigenvalue weighted by molar-refractivity contribution is 7.90. The summed E-state index contributed by atoms with van der Waals surface area (Å²) in [6.45, 7) is 8.53. The number of pyridine rings is 2. The van der Waals surface area contributed by atoms with E-state index in [0.29, 0.717) is 30.2 Å². The topological polar surface area (TPSA) is 173 Å². The van der Waals surface area contributed by atoms with Gasteiger partial charge in [0.25, 0.3) is 21.6 Å². The zero-order valence-electron chi connectivity index (χ0n) is 35.1. The number of piperazine rings is 1. The smallest absolute Gasteiger partial charge is 0.277 e. The van der Waals surface area contributed by atoms with E-state index in [1.54, 1.807) is 24.4 Å². The Hall–Kier alpha value is -6.36. The van der Waals surface area contributed by atoms with Crippen molar-refractivity contribution in [3.8, 4) is 17.2 Å². The van der Waals surface area contributed by atoms with Crippen molar-refractivity contribution in [1.29, 1.82) is 0 Å². The van der Waals surface area contributed by atoms with Crippen molar-refractivity contribution in [1.82, 2.24) is 24.6 Å². The van der Waals surface area contributed by atoms with E-state index in [0.717, 1.165) is 73.3 Å². The molecule has 0 saturated carbocycles. The van der Waals surface area contributed by atoms with Crippen molar-refractivity contribution in [2.45, 2.75) is 50.3 Å². The number of H-pyrrole nitrogens is 1. The number of sulfonamides is 1. The molecule has 1 saturated heterocycles. The minimum absolute atomic E-state index is 0.0112. The van der Waals surface area contributed by atoms with Crippen LogP contribution in [-0.2, 0) is 16.4 Å². The lowest BCUT2D eigenvalue weighted by Crippen LogP contribution is -2.47. The summed E-state index contributed by atoms with van der Waals surface area (Å²) in [6, 6.07) is 21.5. The van der Waals surface area contributed by atoms with Crippen molar-refractivity contribution in [3.05, 3.63) is 146 Å². The van der Waals surface area contributed by atoms with E-state index in [1.165, 1.54) is 41.1 Å². The number of carbonyl (C=O) groups excluding carboxylic acids is 1. The number of halogens is 2. The Labute approximate surface area is 374 Å². The van der Waals surface area contributed by atoms with Crippen molar-refractivity contribution in [3.63, 3.8) is 0 Å². The zero-order valence-corrected chi connectivity index (χ0v) is 36.7. The molecule has 330 valence electrons. The number of rotatable bonds is 11. The van der Waals surface area contributed by atoms with E-state index in [4.69, 9.17) is 21.1 Å². The lowest BCUT2D eigenvalue weighted by molar-refractivity contribution is -0.386. The van der Waals surface area contributed by atoms with Crippen LogP contribution in [0.1, 0.15) is 66.2 Å². The van der Waals surface area contributed by atoms with Crippen molar-refractivity contribution in [2.75, 3.05) is 44.2 Å². The number of benzene rings is 3. The van der Waals surface area contributed by atoms with Gasteiger partial charge in [-0.25, -0.2) is 22.5 Å². The van der Waals surface area contributed by atoms with Gasteiger partial charge in [-0.15, -0.1) is 0 Å². The lowest BCUT2D eigenvalue weighted by Gasteiger charge is -2.39. The minimum atomic E-state index is -4.69. The number of nitro benzene ring substituents is 1. The average Bonchev–Trinajstić information content (AvgIpc) is 3.75. The summed E-state index contributed by atoms with van der Waals surface area (Å²) < 4.78 is 55.6. The molecule has 3 aromatic heterocycles. The third-order valence-electron chi connectivity index (χ3n) is 12.3. The first-order chi connectivity index (χ1) is 30.7. The Morgan fingerprint density at radius 2 is 1.83 bits per heavy atom. The van der Waals surface area contributed by atoms with E-state index in [1.807, 2.05) is 18.2 Å². The van der Waals surface area contributed by atoms with E-state index in [9.17, 15) is 27.7 Å². The van der Waals surface area contributed by atoms with Gasteiger partial charge in [0.1, 0.15) is 28.7 Å². The first kappa shape index (κ1) is 42.9. The maximum Gasteiger partial charge on any atom is 0.277 e. The number of nitrogens with zero attached hydrogens (tertiary/aromatic N) is 5. The fraction of sp³-hybridized carbons (Fsp3) is 0.298. The molecule has 1 fully saturated rings. The van der Waals surface area contributed by atoms with Gasteiger partial charge in [-0.3, -0.25) is 24.8 Å². The number of anilines is 1. The van der Waals surface area contributed by atoms with Crippen molar-refractivity contribution < 1.29 is 32.0 Å². The Morgan fingerprint density at radius 1 is 1.03 bits per heavy atom. The Balaban J connectivity index is 0.953. The van der Waals surface area contributed by atoms with Gasteiger partial charge in [-0.2, -0.15) is 0 Å². The average molecular weight is 906 g/mol. The quantitative estimate of drug-likeness (QED) is 0.0938. The van der Waals surface area contributed by atoms with Crippen molar-refractivity contribution in [2.24, 2.45) is 5.41 Å². The second kappa shape index (κ2) is 17.3. The monoisotopic (exact) mass is 905 g/mol. The van der Waals surface area contributed by atoms with Crippen LogP contribution in [0.4, 0.5) is 15.8 Å². The molecule has 17 heteroatoms. The molecule has 0 spiro atoms. The van der Waals surface area contributed by atoms with Gasteiger partial charge in [-0.1, -0.05) is 43.2 Å². The van der Waals surface area contributed by atoms with E-state index in [2.05, 4.69) is 55.5 Å². The van der Waals surface area contributed by atoms with Gasteiger partial charge in [0.05, 0.1) is 39.9 Å². The summed E-state index contributed by atoms with van der Waals surface area (Å²) in [4.78, 5) is 41.3. The Morgan fingerprint density at radius 3 is 2.58 bits per heavy atom. The fourth-order valence-corrected chi connectivity index (χ4v) is 9.92. The molecular formula is C47H45ClFN7O7S. The Kier molecular flexibility index (Phi) is 11.6. The molecule has 1 aliphatic carbocycles. The second-order valence-corrected chi connectivity index (χ2v) is 19.4. The number of hydrogen-bond acceptors (Lipinski definition) is 11. The van der Waals surface area contributed by atoms with Crippen LogP contribution in [0.3, 0.4) is 0 Å². The molecule has 5 heterocycles. The lowest BCUT2D eigenvalue weighted by atomic mass is 9.72. The van der Waals surface area contributed by atoms with Crippen molar-refractivity contribution >= 4 is 55.5 Å². The van der Waals surface area contributed by atoms with E-state index in [-0.39, 0.29) is 41.1 Å². The van der Waals surface area contributed by atoms with Crippen LogP contribution in [0.15, 0.2) is 108 Å². The van der Waals surface area contributed by atoms with Crippen LogP contribution < -0.4 is 19.1 Å². The van der Waals surface area contributed by atoms with Gasteiger partial charge in [0.2, 0.25) is 0 Å². The predicted octanol–water partition coefficient (Wildman–Crippen LogP) is 9.07. The molecular weight excluding hydrogens is 861 g/mol. The first-order valence-electron chi connectivity index (χ1n) is 21.0. The highest BCUT2D eigenvalue weighted by Crippen LogP contribution is 2.44. The number of nitro groups is 1. The predicted molar refractivity (Wildman–Crippen MR) is 241 cm³/mol. The van der Waals surface area contributed by atoms with Crippen LogP contribution in [0.25, 0.3) is 16.6 Å². The Bertz CT molecular complexity index is 2920. The molecule has 1 atom stereocenters. The molecule has 0 unspecified atom stereocenters. The number of aromatic amines is 1. The molecule has 1 amide bonds. The maximum absolute atomic E-state index is 14.0. The second-order valence-electron chi connectivity index (χ2n) is 17.3. The number of hydrogen-bond donors (Lipinski definition) is 2. The van der Waals surface area contributed by atoms with Gasteiger partial charge in [0.15, 0.2) is 0 Å². The number of aromatic nitrogens is 3. The summed E-state index contributed by atoms with van der Waals surface area (Å²) in [5, 5.41) is 13.8. The first-order valence-corrected chi connectivity index (χ1v) is 22.9. The maximum atomic E-state index is 14.0. The molecule has 2 aliphatic heterocycles. The normalized spacial score (nSPS) is 17.8. The summed E-state index contributed by atoms with van der Waals surface area (Å²) >= 11 is 6.24. The molecule has 0 radical (unpaired) electrons. The third-order valence-corrected chi connectivity index (χ3v) is 13.9. The summed E-state index contributed by atoms with van der Waals surface area (Å²) in [5.74, 6) is -1.57. The summed E-state index contributed by atoms with van der Waals surface area (Å²) in [7, 11) is -4.69. The van der Waals surface area contributed by atoms with Gasteiger partial charge < -0.3 is 19.4 Å². The SMILES string of the molecule is CC1(C)CCC(CN2CCN(c3ccc(C(=O)NS(=O)(=O)c4cc5c(c([N+](=O)[O-])c4)C[C@H](c4ccc(F)cn4)CO5)c(Oc4cnc5[nH]ccc5c4)c3)CC2)=C(c2ccc(Cl)cc2)C1. The third kappa shape index (κ3) is 9.16. The molecule has 64 heavy (non-hydrogen) atoms. The number of carbonyl (C=O) groups is 1. The molecule has 9 rings (SSSR count). The van der Waals surface area contributed by atoms with Gasteiger partial charge in [0, 0.05) is 84.8 Å². The molecule has 6 aromatic rings. The largest absolute Gasteiger partial charge is 0.492 e. The highest BCUT2D eigenvalue weighted by atomic mass is 35.5. The fourth-order valence-electron chi connectivity index (χ4n) is 8.79.